The fourth-order valence-electron chi connectivity index (χ4n) is 2.05. The summed E-state index contributed by atoms with van der Waals surface area (Å²) in [6, 6.07) is 12.9. The number of rotatable bonds is 4. The topological polar surface area (TPSA) is 64.1 Å². The molecule has 0 spiro atoms. The molecular weight excluding hydrogens is 493 g/mol. The number of hydrogen-bond donors (Lipinski definition) is 1. The smallest absolute Gasteiger partial charge is 0.278 e. The number of benzene rings is 1. The summed E-state index contributed by atoms with van der Waals surface area (Å²) in [7, 11) is 1.11. The average molecular weight is 502 g/mol. The number of hydrogen-bond acceptors (Lipinski definition) is 5. The van der Waals surface area contributed by atoms with Crippen molar-refractivity contribution >= 4 is 68.8 Å². The van der Waals surface area contributed by atoms with Crippen LogP contribution in [0.5, 0.6) is 5.75 Å². The van der Waals surface area contributed by atoms with Gasteiger partial charge in [-0.05, 0) is 40.2 Å². The quantitative estimate of drug-likeness (QED) is 0.309. The van der Waals surface area contributed by atoms with Crippen LogP contribution in [0.25, 0.3) is 10.9 Å². The number of nitrogens with zero attached hydrogens (tertiary/aromatic N) is 2. The summed E-state index contributed by atoms with van der Waals surface area (Å²) in [5, 5.41) is 3.59. The van der Waals surface area contributed by atoms with Gasteiger partial charge in [-0.2, -0.15) is 0 Å². The van der Waals surface area contributed by atoms with Crippen molar-refractivity contribution < 1.29 is 8.98 Å². The molecule has 2 heterocycles. The molecule has 2 aromatic heterocycles. The van der Waals surface area contributed by atoms with Gasteiger partial charge in [-0.1, -0.05) is 18.2 Å². The van der Waals surface area contributed by atoms with Crippen molar-refractivity contribution in [2.24, 2.45) is 0 Å². The number of nitrogens with one attached hydrogen (secondary N) is 1. The molecule has 5 nitrogen and oxygen atoms in total. The number of carbonyl (C=O) groups excluding carboxylic acids is 1. The van der Waals surface area contributed by atoms with Crippen molar-refractivity contribution in [3.63, 3.8) is 0 Å². The zero-order valence-electron chi connectivity index (χ0n) is 11.5. The van der Waals surface area contributed by atoms with Crippen molar-refractivity contribution in [3.8, 4) is 5.75 Å². The number of para-hydroxylation sites is 1. The summed E-state index contributed by atoms with van der Waals surface area (Å²) < 4.78 is 6.11. The van der Waals surface area contributed by atoms with Crippen LogP contribution in [0.15, 0.2) is 53.3 Å². The number of amides is 1. The van der Waals surface area contributed by atoms with E-state index in [0.717, 1.165) is 14.6 Å². The van der Waals surface area contributed by atoms with E-state index in [9.17, 15) is 4.79 Å². The monoisotopic (exact) mass is 501 g/mol. The molecule has 0 saturated carbocycles. The Morgan fingerprint density at radius 1 is 1.22 bits per heavy atom. The van der Waals surface area contributed by atoms with Gasteiger partial charge in [0.15, 0.2) is 11.4 Å². The summed E-state index contributed by atoms with van der Waals surface area (Å²) in [5.74, 6) is -0.0125. The van der Waals surface area contributed by atoms with Gasteiger partial charge in [0, 0.05) is 38.5 Å². The SMILES string of the molecule is O=C(Nc1ccccc1)c1nc(Br)c2cccnc2c1OSI. The first-order chi connectivity index (χ1) is 11.2. The molecule has 0 aliphatic carbocycles. The second-order valence-corrected chi connectivity index (χ2v) is 6.57. The average Bonchev–Trinajstić information content (AvgIpc) is 2.58. The highest BCUT2D eigenvalue weighted by atomic mass is 127. The molecule has 0 aliphatic rings. The molecule has 1 aromatic carbocycles. The van der Waals surface area contributed by atoms with Crippen molar-refractivity contribution in [1.82, 2.24) is 9.97 Å². The Labute approximate surface area is 157 Å². The first kappa shape index (κ1) is 16.5. The zero-order chi connectivity index (χ0) is 16.2. The second-order valence-electron chi connectivity index (χ2n) is 4.45. The lowest BCUT2D eigenvalue weighted by Gasteiger charge is -2.11. The van der Waals surface area contributed by atoms with Gasteiger partial charge >= 0.3 is 0 Å². The van der Waals surface area contributed by atoms with Gasteiger partial charge in [-0.25, -0.2) is 4.98 Å². The van der Waals surface area contributed by atoms with Gasteiger partial charge in [-0.15, -0.1) is 0 Å². The second kappa shape index (κ2) is 7.45. The third-order valence-corrected chi connectivity index (χ3v) is 4.41. The van der Waals surface area contributed by atoms with E-state index in [4.69, 9.17) is 4.18 Å². The lowest BCUT2D eigenvalue weighted by atomic mass is 10.2. The maximum atomic E-state index is 12.6. The van der Waals surface area contributed by atoms with Crippen LogP contribution in [0.2, 0.25) is 0 Å². The maximum absolute atomic E-state index is 12.6. The molecule has 0 unspecified atom stereocenters. The van der Waals surface area contributed by atoms with Crippen molar-refractivity contribution in [2.45, 2.75) is 0 Å². The molecule has 3 aromatic rings. The van der Waals surface area contributed by atoms with E-state index in [0.29, 0.717) is 21.6 Å². The van der Waals surface area contributed by atoms with Crippen LogP contribution in [0, 0.1) is 0 Å². The van der Waals surface area contributed by atoms with E-state index in [1.807, 2.05) is 45.5 Å². The Hall–Kier alpha value is -1.39. The van der Waals surface area contributed by atoms with E-state index in [1.165, 1.54) is 0 Å². The van der Waals surface area contributed by atoms with Crippen molar-refractivity contribution in [3.05, 3.63) is 59.0 Å². The fourth-order valence-corrected chi connectivity index (χ4v) is 3.31. The first-order valence-electron chi connectivity index (χ1n) is 6.46. The molecule has 1 N–H and O–H groups in total. The Morgan fingerprint density at radius 3 is 2.74 bits per heavy atom. The molecule has 0 fully saturated rings. The summed E-state index contributed by atoms with van der Waals surface area (Å²) in [6.07, 6.45) is 1.65. The lowest BCUT2D eigenvalue weighted by molar-refractivity contribution is 0.102. The number of anilines is 1. The molecule has 0 bridgehead atoms. The van der Waals surface area contributed by atoms with Crippen LogP contribution in [0.4, 0.5) is 5.69 Å². The lowest BCUT2D eigenvalue weighted by Crippen LogP contribution is -2.15. The van der Waals surface area contributed by atoms with E-state index < -0.39 is 0 Å². The molecule has 0 radical (unpaired) electrons. The summed E-state index contributed by atoms with van der Waals surface area (Å²) in [5.41, 5.74) is 1.44. The standard InChI is InChI=1S/C15H9BrIN3O2S/c16-14-10-7-4-8-18-11(10)13(22-23-17)12(20-14)15(21)19-9-5-2-1-3-6-9/h1-8H,(H,19,21). The molecule has 8 heteroatoms. The summed E-state index contributed by atoms with van der Waals surface area (Å²) in [4.78, 5) is 21.2. The first-order valence-corrected chi connectivity index (χ1v) is 10.5. The number of carbonyl (C=O) groups is 1. The van der Waals surface area contributed by atoms with Gasteiger partial charge in [-0.3, -0.25) is 9.78 Å². The van der Waals surface area contributed by atoms with Gasteiger partial charge < -0.3 is 9.50 Å². The van der Waals surface area contributed by atoms with E-state index in [1.54, 1.807) is 24.4 Å². The highest BCUT2D eigenvalue weighted by Crippen LogP contribution is 2.35. The third-order valence-electron chi connectivity index (χ3n) is 3.03. The van der Waals surface area contributed by atoms with Crippen LogP contribution in [-0.4, -0.2) is 15.9 Å². The number of halogens is 2. The Morgan fingerprint density at radius 2 is 2.00 bits per heavy atom. The van der Waals surface area contributed by atoms with Crippen molar-refractivity contribution in [2.75, 3.05) is 5.32 Å². The molecule has 0 aliphatic heterocycles. The molecule has 0 atom stereocenters. The minimum Gasteiger partial charge on any atom is -0.410 e. The predicted octanol–water partition coefficient (Wildman–Crippen LogP) is 5.02. The van der Waals surface area contributed by atoms with Gasteiger partial charge in [0.2, 0.25) is 0 Å². The van der Waals surface area contributed by atoms with Crippen molar-refractivity contribution in [1.29, 1.82) is 0 Å². The Bertz CT molecular complexity index is 864. The summed E-state index contributed by atoms with van der Waals surface area (Å²) in [6.45, 7) is 0. The molecule has 116 valence electrons. The largest absolute Gasteiger partial charge is 0.410 e. The minimum absolute atomic E-state index is 0.177. The Kier molecular flexibility index (Phi) is 5.34. The molecule has 1 amide bonds. The number of pyridine rings is 2. The van der Waals surface area contributed by atoms with Crippen LogP contribution in [0.1, 0.15) is 10.5 Å². The minimum atomic E-state index is -0.357. The highest BCUT2D eigenvalue weighted by Gasteiger charge is 2.21. The van der Waals surface area contributed by atoms with E-state index >= 15 is 0 Å². The zero-order valence-corrected chi connectivity index (χ0v) is 16.1. The molecule has 3 rings (SSSR count). The van der Waals surface area contributed by atoms with E-state index in [-0.39, 0.29) is 11.6 Å². The highest BCUT2D eigenvalue weighted by molar-refractivity contribution is 14.2. The normalized spacial score (nSPS) is 10.5. The van der Waals surface area contributed by atoms with Crippen LogP contribution < -0.4 is 9.50 Å². The van der Waals surface area contributed by atoms with Crippen LogP contribution >= 0.6 is 46.3 Å². The molecule has 0 saturated heterocycles. The number of fused-ring (bicyclic) bond motifs is 1. The number of aromatic nitrogens is 2. The molecular formula is C15H9BrIN3O2S. The fraction of sp³-hybridized carbons (Fsp3) is 0. The van der Waals surface area contributed by atoms with E-state index in [2.05, 4.69) is 31.2 Å². The summed E-state index contributed by atoms with van der Waals surface area (Å²) >= 11 is 5.38. The van der Waals surface area contributed by atoms with Crippen LogP contribution in [0.3, 0.4) is 0 Å². The van der Waals surface area contributed by atoms with Crippen LogP contribution in [-0.2, 0) is 0 Å². The van der Waals surface area contributed by atoms with Gasteiger partial charge in [0.1, 0.15) is 19.3 Å². The van der Waals surface area contributed by atoms with Gasteiger partial charge in [0.05, 0.1) is 0 Å². The van der Waals surface area contributed by atoms with Gasteiger partial charge in [0.25, 0.3) is 5.91 Å². The Balaban J connectivity index is 2.09. The molecule has 23 heavy (non-hydrogen) atoms. The predicted molar refractivity (Wildman–Crippen MR) is 104 cm³/mol. The maximum Gasteiger partial charge on any atom is 0.278 e. The third kappa shape index (κ3) is 3.59.